The predicted molar refractivity (Wildman–Crippen MR) is 68.5 cm³/mol. The Morgan fingerprint density at radius 3 is 3.11 bits per heavy atom. The van der Waals surface area contributed by atoms with E-state index >= 15 is 0 Å². The minimum Gasteiger partial charge on any atom is -0.493 e. The Balaban J connectivity index is 1.78. The van der Waals surface area contributed by atoms with E-state index in [-0.39, 0.29) is 0 Å². The van der Waals surface area contributed by atoms with Crippen LogP contribution in [-0.4, -0.2) is 16.7 Å². The van der Waals surface area contributed by atoms with Crippen LogP contribution in [0.2, 0.25) is 0 Å². The topological polar surface area (TPSA) is 42.4 Å². The predicted octanol–water partition coefficient (Wildman–Crippen LogP) is 2.29. The second-order valence-electron chi connectivity index (χ2n) is 4.55. The van der Waals surface area contributed by atoms with Crippen LogP contribution in [0.5, 0.6) is 5.75 Å². The number of benzene rings is 1. The first-order valence-electron chi connectivity index (χ1n) is 6.15. The van der Waals surface area contributed by atoms with E-state index in [1.165, 1.54) is 5.56 Å². The van der Waals surface area contributed by atoms with Crippen molar-refractivity contribution in [3.63, 3.8) is 0 Å². The summed E-state index contributed by atoms with van der Waals surface area (Å²) in [6, 6.07) is 9.80. The molecule has 3 rings (SSSR count). The Bertz CT molecular complexity index is 539. The molecular formula is C15H15NO2. The molecule has 0 saturated heterocycles. The van der Waals surface area contributed by atoms with E-state index in [1.54, 1.807) is 12.4 Å². The van der Waals surface area contributed by atoms with Crippen LogP contribution in [0.4, 0.5) is 0 Å². The molecule has 0 bridgehead atoms. The molecule has 0 aliphatic carbocycles. The highest BCUT2D eigenvalue weighted by atomic mass is 16.5. The second-order valence-corrected chi connectivity index (χ2v) is 4.55. The van der Waals surface area contributed by atoms with E-state index in [1.807, 2.05) is 30.3 Å². The molecule has 0 radical (unpaired) electrons. The largest absolute Gasteiger partial charge is 0.493 e. The van der Waals surface area contributed by atoms with Crippen LogP contribution in [0.15, 0.2) is 42.7 Å². The molecule has 0 saturated carbocycles. The maximum atomic E-state index is 10.2. The average molecular weight is 241 g/mol. The number of nitrogens with zero attached hydrogens (tertiary/aromatic N) is 1. The number of aliphatic hydroxyl groups excluding tert-OH is 1. The molecule has 2 aromatic rings. The van der Waals surface area contributed by atoms with Crippen molar-refractivity contribution < 1.29 is 9.84 Å². The Hall–Kier alpha value is -1.87. The van der Waals surface area contributed by atoms with E-state index in [9.17, 15) is 5.11 Å². The zero-order valence-electron chi connectivity index (χ0n) is 10.0. The standard InChI is InChI=1S/C15H15NO2/c17-14(8-11-2-1-6-16-10-11)12-3-4-15-13(9-12)5-7-18-15/h1-4,6,9-10,14,17H,5,7-8H2. The van der Waals surface area contributed by atoms with Gasteiger partial charge in [-0.3, -0.25) is 4.98 Å². The second kappa shape index (κ2) is 4.78. The Labute approximate surface area is 106 Å². The first-order chi connectivity index (χ1) is 8.83. The molecule has 1 aliphatic heterocycles. The van der Waals surface area contributed by atoms with Gasteiger partial charge in [-0.15, -0.1) is 0 Å². The number of hydrogen-bond donors (Lipinski definition) is 1. The van der Waals surface area contributed by atoms with Crippen molar-refractivity contribution in [2.24, 2.45) is 0 Å². The van der Waals surface area contributed by atoms with E-state index in [2.05, 4.69) is 4.98 Å². The molecule has 1 atom stereocenters. The van der Waals surface area contributed by atoms with Gasteiger partial charge in [0.2, 0.25) is 0 Å². The van der Waals surface area contributed by atoms with Crippen molar-refractivity contribution >= 4 is 0 Å². The molecule has 1 unspecified atom stereocenters. The molecule has 0 spiro atoms. The molecule has 3 heteroatoms. The van der Waals surface area contributed by atoms with Crippen LogP contribution in [0.25, 0.3) is 0 Å². The number of hydrogen-bond acceptors (Lipinski definition) is 3. The summed E-state index contributed by atoms with van der Waals surface area (Å²) in [5, 5.41) is 10.2. The fourth-order valence-corrected chi connectivity index (χ4v) is 2.27. The van der Waals surface area contributed by atoms with Crippen LogP contribution in [-0.2, 0) is 12.8 Å². The molecule has 92 valence electrons. The molecule has 1 aliphatic rings. The fourth-order valence-electron chi connectivity index (χ4n) is 2.27. The van der Waals surface area contributed by atoms with Crippen LogP contribution in [0.1, 0.15) is 22.8 Å². The Morgan fingerprint density at radius 1 is 1.33 bits per heavy atom. The van der Waals surface area contributed by atoms with Crippen LogP contribution < -0.4 is 4.74 Å². The highest BCUT2D eigenvalue weighted by Crippen LogP contribution is 2.29. The van der Waals surface area contributed by atoms with Gasteiger partial charge in [-0.25, -0.2) is 0 Å². The minimum atomic E-state index is -0.486. The van der Waals surface area contributed by atoms with Gasteiger partial charge >= 0.3 is 0 Å². The number of aliphatic hydroxyl groups is 1. The summed E-state index contributed by atoms with van der Waals surface area (Å²) >= 11 is 0. The van der Waals surface area contributed by atoms with Gasteiger partial charge in [0.05, 0.1) is 12.7 Å². The molecule has 1 N–H and O–H groups in total. The average Bonchev–Trinajstić information content (AvgIpc) is 2.87. The third kappa shape index (κ3) is 2.22. The molecule has 0 fully saturated rings. The maximum absolute atomic E-state index is 10.2. The fraction of sp³-hybridized carbons (Fsp3) is 0.267. The smallest absolute Gasteiger partial charge is 0.122 e. The number of pyridine rings is 1. The lowest BCUT2D eigenvalue weighted by molar-refractivity contribution is 0.178. The van der Waals surface area contributed by atoms with Crippen molar-refractivity contribution in [3.8, 4) is 5.75 Å². The van der Waals surface area contributed by atoms with Crippen molar-refractivity contribution in [2.75, 3.05) is 6.61 Å². The molecule has 1 aromatic carbocycles. The summed E-state index contributed by atoms with van der Waals surface area (Å²) in [4.78, 5) is 4.06. The van der Waals surface area contributed by atoms with Gasteiger partial charge in [0, 0.05) is 25.2 Å². The van der Waals surface area contributed by atoms with Crippen molar-refractivity contribution in [2.45, 2.75) is 18.9 Å². The normalized spacial score (nSPS) is 14.9. The molecule has 18 heavy (non-hydrogen) atoms. The SMILES string of the molecule is OC(Cc1cccnc1)c1ccc2c(c1)CCO2. The number of aromatic nitrogens is 1. The summed E-state index contributed by atoms with van der Waals surface area (Å²) in [5.74, 6) is 0.951. The number of ether oxygens (including phenoxy) is 1. The molecule has 2 heterocycles. The number of rotatable bonds is 3. The van der Waals surface area contributed by atoms with E-state index in [0.717, 1.165) is 29.9 Å². The highest BCUT2D eigenvalue weighted by Gasteiger charge is 2.15. The quantitative estimate of drug-likeness (QED) is 0.896. The Morgan fingerprint density at radius 2 is 2.28 bits per heavy atom. The van der Waals surface area contributed by atoms with Gasteiger partial charge in [0.1, 0.15) is 5.75 Å². The van der Waals surface area contributed by atoms with Crippen molar-refractivity contribution in [1.29, 1.82) is 0 Å². The summed E-state index contributed by atoms with van der Waals surface area (Å²) in [6.45, 7) is 0.748. The summed E-state index contributed by atoms with van der Waals surface area (Å²) in [5.41, 5.74) is 3.18. The Kier molecular flexibility index (Phi) is 2.99. The van der Waals surface area contributed by atoms with E-state index in [0.29, 0.717) is 6.42 Å². The lowest BCUT2D eigenvalue weighted by Gasteiger charge is -2.12. The molecule has 0 amide bonds. The third-order valence-electron chi connectivity index (χ3n) is 3.25. The first kappa shape index (κ1) is 11.2. The lowest BCUT2D eigenvalue weighted by Crippen LogP contribution is -2.02. The maximum Gasteiger partial charge on any atom is 0.122 e. The van der Waals surface area contributed by atoms with Crippen molar-refractivity contribution in [1.82, 2.24) is 4.98 Å². The van der Waals surface area contributed by atoms with Crippen LogP contribution in [0, 0.1) is 0 Å². The van der Waals surface area contributed by atoms with Gasteiger partial charge in [0.25, 0.3) is 0 Å². The summed E-state index contributed by atoms with van der Waals surface area (Å²) in [6.07, 6.45) is 4.57. The van der Waals surface area contributed by atoms with Gasteiger partial charge in [-0.1, -0.05) is 12.1 Å². The van der Waals surface area contributed by atoms with E-state index < -0.39 is 6.10 Å². The monoisotopic (exact) mass is 241 g/mol. The molecular weight excluding hydrogens is 226 g/mol. The van der Waals surface area contributed by atoms with Gasteiger partial charge in [-0.05, 0) is 34.9 Å². The van der Waals surface area contributed by atoms with Gasteiger partial charge in [0.15, 0.2) is 0 Å². The van der Waals surface area contributed by atoms with Crippen LogP contribution in [0.3, 0.4) is 0 Å². The highest BCUT2D eigenvalue weighted by molar-refractivity contribution is 5.40. The number of fused-ring (bicyclic) bond motifs is 1. The first-order valence-corrected chi connectivity index (χ1v) is 6.15. The van der Waals surface area contributed by atoms with Gasteiger partial charge < -0.3 is 9.84 Å². The lowest BCUT2D eigenvalue weighted by atomic mass is 10.00. The van der Waals surface area contributed by atoms with Gasteiger partial charge in [-0.2, -0.15) is 0 Å². The molecule has 1 aromatic heterocycles. The third-order valence-corrected chi connectivity index (χ3v) is 3.25. The van der Waals surface area contributed by atoms with E-state index in [4.69, 9.17) is 4.74 Å². The summed E-state index contributed by atoms with van der Waals surface area (Å²) in [7, 11) is 0. The summed E-state index contributed by atoms with van der Waals surface area (Å²) < 4.78 is 5.46. The zero-order valence-corrected chi connectivity index (χ0v) is 10.0. The van der Waals surface area contributed by atoms with Crippen molar-refractivity contribution in [3.05, 3.63) is 59.4 Å². The van der Waals surface area contributed by atoms with Crippen LogP contribution >= 0.6 is 0 Å². The molecule has 3 nitrogen and oxygen atoms in total. The zero-order chi connectivity index (χ0) is 12.4. The minimum absolute atomic E-state index is 0.486.